The summed E-state index contributed by atoms with van der Waals surface area (Å²) in [5.41, 5.74) is -0.691. The highest BCUT2D eigenvalue weighted by Gasteiger charge is 2.53. The molecule has 0 atom stereocenters. The van der Waals surface area contributed by atoms with Crippen molar-refractivity contribution < 1.29 is 14.4 Å². The van der Waals surface area contributed by atoms with Gasteiger partial charge in [-0.15, -0.1) is 5.10 Å². The molecule has 3 fully saturated rings. The molecule has 1 spiro atoms. The number of nitrogens with one attached hydrogen (secondary N) is 3. The highest BCUT2D eigenvalue weighted by molar-refractivity contribution is 6.10. The third-order valence-electron chi connectivity index (χ3n) is 6.98. The van der Waals surface area contributed by atoms with Crippen molar-refractivity contribution >= 4 is 29.7 Å². The Morgan fingerprint density at radius 1 is 1.16 bits per heavy atom. The van der Waals surface area contributed by atoms with Gasteiger partial charge in [0.15, 0.2) is 0 Å². The summed E-state index contributed by atoms with van der Waals surface area (Å²) < 4.78 is 0. The van der Waals surface area contributed by atoms with Gasteiger partial charge in [-0.25, -0.2) is 9.89 Å². The van der Waals surface area contributed by atoms with Gasteiger partial charge in [0.25, 0.3) is 5.91 Å². The van der Waals surface area contributed by atoms with Gasteiger partial charge in [0.2, 0.25) is 17.8 Å². The Balaban J connectivity index is 1.34. The van der Waals surface area contributed by atoms with Crippen LogP contribution in [0.5, 0.6) is 0 Å². The SMILES string of the molecule is CC(C)(C)C1CCC2(CC1)NC(=O)N(CC(=O)Nc1nc(N3CCCCC3)n[nH]1)C2=O. The third kappa shape index (κ3) is 4.38. The molecule has 0 radical (unpaired) electrons. The summed E-state index contributed by atoms with van der Waals surface area (Å²) in [6.45, 7) is 8.08. The van der Waals surface area contributed by atoms with Crippen molar-refractivity contribution in [3.8, 4) is 0 Å². The lowest BCUT2D eigenvalue weighted by molar-refractivity contribution is -0.135. The van der Waals surface area contributed by atoms with Gasteiger partial charge < -0.3 is 10.2 Å². The normalized spacial score (nSPS) is 27.0. The summed E-state index contributed by atoms with van der Waals surface area (Å²) in [6, 6.07) is -0.499. The van der Waals surface area contributed by atoms with Crippen LogP contribution in [0.25, 0.3) is 0 Å². The minimum Gasteiger partial charge on any atom is -0.340 e. The third-order valence-corrected chi connectivity index (χ3v) is 6.98. The molecule has 2 saturated heterocycles. The maximum Gasteiger partial charge on any atom is 0.325 e. The van der Waals surface area contributed by atoms with E-state index in [1.54, 1.807) is 0 Å². The molecule has 3 heterocycles. The first-order chi connectivity index (χ1) is 14.7. The molecule has 3 N–H and O–H groups in total. The summed E-state index contributed by atoms with van der Waals surface area (Å²) >= 11 is 0. The second-order valence-electron chi connectivity index (χ2n) is 10.1. The molecule has 1 aromatic rings. The monoisotopic (exact) mass is 431 g/mol. The summed E-state index contributed by atoms with van der Waals surface area (Å²) in [6.07, 6.45) is 6.38. The van der Waals surface area contributed by atoms with Gasteiger partial charge in [-0.3, -0.25) is 19.8 Å². The number of anilines is 2. The first kappa shape index (κ1) is 21.6. The maximum atomic E-state index is 13.1. The van der Waals surface area contributed by atoms with E-state index in [9.17, 15) is 14.4 Å². The second kappa shape index (κ2) is 8.12. The fraction of sp³-hybridized carbons (Fsp3) is 0.762. The van der Waals surface area contributed by atoms with Gasteiger partial charge in [0, 0.05) is 13.1 Å². The molecule has 31 heavy (non-hydrogen) atoms. The number of amides is 4. The van der Waals surface area contributed by atoms with Crippen LogP contribution in [-0.4, -0.2) is 63.1 Å². The molecular formula is C21H33N7O3. The van der Waals surface area contributed by atoms with Crippen LogP contribution in [0.4, 0.5) is 16.7 Å². The average molecular weight is 432 g/mol. The van der Waals surface area contributed by atoms with Crippen molar-refractivity contribution in [1.29, 1.82) is 0 Å². The Kier molecular flexibility index (Phi) is 5.65. The van der Waals surface area contributed by atoms with Crippen LogP contribution < -0.4 is 15.5 Å². The summed E-state index contributed by atoms with van der Waals surface area (Å²) in [5.74, 6) is 0.509. The number of hydrogen-bond donors (Lipinski definition) is 3. The molecule has 4 rings (SSSR count). The number of H-pyrrole nitrogens is 1. The Morgan fingerprint density at radius 2 is 1.84 bits per heavy atom. The van der Waals surface area contributed by atoms with Gasteiger partial charge in [-0.2, -0.15) is 4.98 Å². The number of piperidine rings is 1. The molecular weight excluding hydrogens is 398 g/mol. The topological polar surface area (TPSA) is 123 Å². The van der Waals surface area contributed by atoms with Crippen LogP contribution in [0.15, 0.2) is 0 Å². The first-order valence-electron chi connectivity index (χ1n) is 11.3. The van der Waals surface area contributed by atoms with E-state index in [1.807, 2.05) is 0 Å². The van der Waals surface area contributed by atoms with E-state index < -0.39 is 17.5 Å². The van der Waals surface area contributed by atoms with Crippen LogP contribution in [0.1, 0.15) is 65.7 Å². The Labute approximate surface area is 182 Å². The maximum absolute atomic E-state index is 13.1. The van der Waals surface area contributed by atoms with E-state index in [-0.39, 0.29) is 23.8 Å². The Bertz CT molecular complexity index is 845. The fourth-order valence-corrected chi connectivity index (χ4v) is 4.99. The first-order valence-corrected chi connectivity index (χ1v) is 11.3. The van der Waals surface area contributed by atoms with Gasteiger partial charge in [-0.05, 0) is 56.3 Å². The van der Waals surface area contributed by atoms with Crippen LogP contribution >= 0.6 is 0 Å². The summed E-state index contributed by atoms with van der Waals surface area (Å²) in [4.78, 5) is 45.5. The van der Waals surface area contributed by atoms with Gasteiger partial charge >= 0.3 is 6.03 Å². The zero-order valence-electron chi connectivity index (χ0n) is 18.7. The van der Waals surface area contributed by atoms with E-state index in [2.05, 4.69) is 51.5 Å². The predicted molar refractivity (Wildman–Crippen MR) is 115 cm³/mol. The highest BCUT2D eigenvalue weighted by Crippen LogP contribution is 2.43. The molecule has 1 saturated carbocycles. The van der Waals surface area contributed by atoms with Crippen molar-refractivity contribution in [3.05, 3.63) is 0 Å². The molecule has 10 nitrogen and oxygen atoms in total. The molecule has 3 aliphatic rings. The number of imide groups is 1. The molecule has 4 amide bonds. The number of rotatable bonds is 4. The van der Waals surface area contributed by atoms with E-state index in [0.717, 1.165) is 43.7 Å². The van der Waals surface area contributed by atoms with E-state index in [4.69, 9.17) is 0 Å². The van der Waals surface area contributed by atoms with Crippen molar-refractivity contribution in [3.63, 3.8) is 0 Å². The molecule has 0 aromatic carbocycles. The Hall–Kier alpha value is -2.65. The Morgan fingerprint density at radius 3 is 2.48 bits per heavy atom. The van der Waals surface area contributed by atoms with E-state index in [1.165, 1.54) is 6.42 Å². The zero-order valence-corrected chi connectivity index (χ0v) is 18.7. The quantitative estimate of drug-likeness (QED) is 0.629. The van der Waals surface area contributed by atoms with Crippen LogP contribution in [0.3, 0.4) is 0 Å². The fourth-order valence-electron chi connectivity index (χ4n) is 4.99. The van der Waals surface area contributed by atoms with Crippen molar-refractivity contribution in [2.24, 2.45) is 11.3 Å². The second-order valence-corrected chi connectivity index (χ2v) is 10.1. The van der Waals surface area contributed by atoms with Crippen molar-refractivity contribution in [1.82, 2.24) is 25.4 Å². The number of hydrogen-bond acceptors (Lipinski definition) is 6. The lowest BCUT2D eigenvalue weighted by Gasteiger charge is -2.40. The average Bonchev–Trinajstić information content (AvgIpc) is 3.27. The van der Waals surface area contributed by atoms with Gasteiger partial charge in [0.05, 0.1) is 0 Å². The number of carbonyl (C=O) groups excluding carboxylic acids is 3. The smallest absolute Gasteiger partial charge is 0.325 e. The van der Waals surface area contributed by atoms with Crippen molar-refractivity contribution in [2.75, 3.05) is 29.9 Å². The van der Waals surface area contributed by atoms with Gasteiger partial charge in [0.1, 0.15) is 12.1 Å². The van der Waals surface area contributed by atoms with Crippen molar-refractivity contribution in [2.45, 2.75) is 71.3 Å². The van der Waals surface area contributed by atoms with E-state index in [0.29, 0.717) is 24.7 Å². The molecule has 0 bridgehead atoms. The lowest BCUT2D eigenvalue weighted by Crippen LogP contribution is -2.51. The number of urea groups is 1. The molecule has 1 aromatic heterocycles. The summed E-state index contributed by atoms with van der Waals surface area (Å²) in [7, 11) is 0. The van der Waals surface area contributed by atoms with Crippen LogP contribution in [0, 0.1) is 11.3 Å². The van der Waals surface area contributed by atoms with Gasteiger partial charge in [-0.1, -0.05) is 20.8 Å². The molecule has 1 aliphatic carbocycles. The largest absolute Gasteiger partial charge is 0.340 e. The van der Waals surface area contributed by atoms with Crippen LogP contribution in [-0.2, 0) is 9.59 Å². The molecule has 0 unspecified atom stereocenters. The zero-order chi connectivity index (χ0) is 22.2. The number of carbonyl (C=O) groups is 3. The standard InChI is InChI=1S/C21H33N7O3/c1-20(2,3)14-7-9-21(10-8-14)16(30)28(19(31)24-21)13-15(29)22-17-23-18(26-25-17)27-11-5-4-6-12-27/h14H,4-13H2,1-3H3,(H,24,31)(H2,22,23,25,26,29). The number of aromatic nitrogens is 3. The lowest BCUT2D eigenvalue weighted by atomic mass is 9.67. The minimum absolute atomic E-state index is 0.178. The molecule has 10 heteroatoms. The van der Waals surface area contributed by atoms with Crippen LogP contribution in [0.2, 0.25) is 0 Å². The molecule has 2 aliphatic heterocycles. The summed E-state index contributed by atoms with van der Waals surface area (Å²) in [5, 5.41) is 12.4. The predicted octanol–water partition coefficient (Wildman–Crippen LogP) is 2.26. The van der Waals surface area contributed by atoms with E-state index >= 15 is 0 Å². The highest BCUT2D eigenvalue weighted by atomic mass is 16.2. The molecule has 170 valence electrons. The minimum atomic E-state index is -0.868. The number of aromatic amines is 1. The number of nitrogens with zero attached hydrogens (tertiary/aromatic N) is 4.